The Labute approximate surface area is 349 Å². The predicted molar refractivity (Wildman–Crippen MR) is 250 cm³/mol. The number of nitrogens with zero attached hydrogens (tertiary/aromatic N) is 3. The molecule has 0 saturated heterocycles. The number of fused-ring (bicyclic) bond motifs is 8. The van der Waals surface area contributed by atoms with Gasteiger partial charge in [-0.25, -0.2) is 15.0 Å². The summed E-state index contributed by atoms with van der Waals surface area (Å²) < 4.78 is 9.36. The number of furan rings is 1. The third kappa shape index (κ3) is 5.63. The summed E-state index contributed by atoms with van der Waals surface area (Å²) in [5.74, 6) is 1.79. The Morgan fingerprint density at radius 1 is 0.317 bits per heavy atom. The zero-order valence-electron chi connectivity index (χ0n) is 32.2. The number of hydrogen-bond acceptors (Lipinski definition) is 5. The van der Waals surface area contributed by atoms with Crippen LogP contribution >= 0.6 is 11.3 Å². The van der Waals surface area contributed by atoms with Crippen molar-refractivity contribution in [2.75, 3.05) is 0 Å². The lowest BCUT2D eigenvalue weighted by atomic mass is 9.95. The molecule has 0 aliphatic heterocycles. The fourth-order valence-corrected chi connectivity index (χ4v) is 10.1. The Balaban J connectivity index is 1.08. The van der Waals surface area contributed by atoms with Gasteiger partial charge in [0.1, 0.15) is 11.2 Å². The van der Waals surface area contributed by atoms with E-state index >= 15 is 0 Å². The molecule has 0 spiro atoms. The molecular weight excluding hydrogens is 751 g/mol. The summed E-state index contributed by atoms with van der Waals surface area (Å²) in [6, 6.07) is 70.2. The molecule has 12 aromatic rings. The molecule has 0 amide bonds. The number of aromatic nitrogens is 3. The van der Waals surface area contributed by atoms with E-state index in [1.807, 2.05) is 35.6 Å². The van der Waals surface area contributed by atoms with Crippen LogP contribution in [0.5, 0.6) is 0 Å². The first-order chi connectivity index (χ1) is 29.7. The molecule has 3 aromatic heterocycles. The van der Waals surface area contributed by atoms with Crippen molar-refractivity contribution in [3.63, 3.8) is 0 Å². The van der Waals surface area contributed by atoms with Crippen molar-refractivity contribution in [1.29, 1.82) is 0 Å². The van der Waals surface area contributed by atoms with Crippen LogP contribution in [0, 0.1) is 0 Å². The van der Waals surface area contributed by atoms with Gasteiger partial charge in [0.15, 0.2) is 17.5 Å². The number of thiophene rings is 1. The number of para-hydroxylation sites is 2. The average molecular weight is 784 g/mol. The molecule has 280 valence electrons. The first kappa shape index (κ1) is 34.3. The third-order valence-electron chi connectivity index (χ3n) is 11.5. The second-order valence-electron chi connectivity index (χ2n) is 15.1. The van der Waals surface area contributed by atoms with Crippen molar-refractivity contribution in [2.24, 2.45) is 0 Å². The van der Waals surface area contributed by atoms with E-state index in [1.54, 1.807) is 0 Å². The molecule has 12 rings (SSSR count). The summed E-state index contributed by atoms with van der Waals surface area (Å²) in [6.07, 6.45) is 0. The van der Waals surface area contributed by atoms with E-state index in [4.69, 9.17) is 19.4 Å². The highest BCUT2D eigenvalue weighted by Crippen LogP contribution is 2.47. The Kier molecular flexibility index (Phi) is 8.00. The van der Waals surface area contributed by atoms with Gasteiger partial charge in [-0.3, -0.25) is 0 Å². The van der Waals surface area contributed by atoms with Gasteiger partial charge in [-0.15, -0.1) is 11.3 Å². The third-order valence-corrected chi connectivity index (χ3v) is 12.8. The van der Waals surface area contributed by atoms with E-state index < -0.39 is 0 Å². The van der Waals surface area contributed by atoms with E-state index in [-0.39, 0.29) is 0 Å². The first-order valence-electron chi connectivity index (χ1n) is 20.1. The molecule has 5 heteroatoms. The van der Waals surface area contributed by atoms with Gasteiger partial charge in [0.25, 0.3) is 0 Å². The SMILES string of the molecule is c1ccc(-c2cccc(-c3cccc4c3oc3c(-c5nc(-c6ccccc6)nc(-c6cccc7c6sc6c8ccccc8cc(-c8ccccc8)c76)n5)cccc34)c2)cc1. The molecule has 0 N–H and O–H groups in total. The normalized spacial score (nSPS) is 11.7. The van der Waals surface area contributed by atoms with Crippen molar-refractivity contribution in [1.82, 2.24) is 15.0 Å². The molecule has 0 atom stereocenters. The van der Waals surface area contributed by atoms with Gasteiger partial charge in [-0.05, 0) is 62.9 Å². The van der Waals surface area contributed by atoms with Crippen LogP contribution in [0.25, 0.3) is 120 Å². The topological polar surface area (TPSA) is 51.8 Å². The predicted octanol–water partition coefficient (Wildman–Crippen LogP) is 15.3. The van der Waals surface area contributed by atoms with E-state index in [9.17, 15) is 0 Å². The molecule has 0 aliphatic rings. The largest absolute Gasteiger partial charge is 0.455 e. The van der Waals surface area contributed by atoms with E-state index in [0.29, 0.717) is 17.5 Å². The molecule has 0 aliphatic carbocycles. The smallest absolute Gasteiger partial charge is 0.167 e. The minimum atomic E-state index is 0.560. The fourth-order valence-electron chi connectivity index (χ4n) is 8.71. The molecule has 0 saturated carbocycles. The van der Waals surface area contributed by atoms with Crippen LogP contribution in [0.2, 0.25) is 0 Å². The zero-order chi connectivity index (χ0) is 39.6. The van der Waals surface area contributed by atoms with Crippen LogP contribution in [0.15, 0.2) is 205 Å². The zero-order valence-corrected chi connectivity index (χ0v) is 33.0. The van der Waals surface area contributed by atoms with Gasteiger partial charge < -0.3 is 4.42 Å². The minimum Gasteiger partial charge on any atom is -0.455 e. The van der Waals surface area contributed by atoms with Crippen molar-refractivity contribution in [3.05, 3.63) is 200 Å². The van der Waals surface area contributed by atoms with Gasteiger partial charge in [0, 0.05) is 47.6 Å². The standard InChI is InChI=1S/C55H33N3OS/c1-4-16-34(17-5-1)37-23-12-24-38(32-37)40-26-13-27-42-43-28-14-30-45(50(43)59-49(40)42)54-56-53(36-20-8-3-9-21-36)57-55(58-54)46-31-15-29-44-48-47(35-18-6-2-7-19-35)33-39-22-10-11-25-41(39)52(48)60-51(44)46/h1-33H. The maximum absolute atomic E-state index is 6.97. The lowest BCUT2D eigenvalue weighted by molar-refractivity contribution is 0.670. The monoisotopic (exact) mass is 783 g/mol. The van der Waals surface area contributed by atoms with E-state index in [0.717, 1.165) is 60.0 Å². The van der Waals surface area contributed by atoms with Gasteiger partial charge in [0.2, 0.25) is 0 Å². The molecule has 0 fully saturated rings. The summed E-state index contributed by atoms with van der Waals surface area (Å²) in [5, 5.41) is 6.95. The Hall–Kier alpha value is -7.73. The molecule has 9 aromatic carbocycles. The number of hydrogen-bond donors (Lipinski definition) is 0. The highest BCUT2D eigenvalue weighted by Gasteiger charge is 2.22. The summed E-state index contributed by atoms with van der Waals surface area (Å²) in [5.41, 5.74) is 11.2. The average Bonchev–Trinajstić information content (AvgIpc) is 3.92. The molecular formula is C55H33N3OS. The van der Waals surface area contributed by atoms with Crippen LogP contribution in [-0.2, 0) is 0 Å². The quantitative estimate of drug-likeness (QED) is 0.169. The van der Waals surface area contributed by atoms with Crippen LogP contribution in [-0.4, -0.2) is 15.0 Å². The molecule has 0 radical (unpaired) electrons. The Morgan fingerprint density at radius 3 is 1.58 bits per heavy atom. The summed E-state index contributed by atoms with van der Waals surface area (Å²) >= 11 is 1.81. The van der Waals surface area contributed by atoms with Crippen molar-refractivity contribution >= 4 is 64.2 Å². The molecule has 3 heterocycles. The van der Waals surface area contributed by atoms with Crippen molar-refractivity contribution < 1.29 is 4.42 Å². The van der Waals surface area contributed by atoms with Crippen LogP contribution < -0.4 is 0 Å². The summed E-state index contributed by atoms with van der Waals surface area (Å²) in [4.78, 5) is 15.7. The second-order valence-corrected chi connectivity index (χ2v) is 16.1. The summed E-state index contributed by atoms with van der Waals surface area (Å²) in [7, 11) is 0. The fraction of sp³-hybridized carbons (Fsp3) is 0. The van der Waals surface area contributed by atoms with Gasteiger partial charge in [0.05, 0.1) is 5.56 Å². The maximum Gasteiger partial charge on any atom is 0.167 e. The highest BCUT2D eigenvalue weighted by molar-refractivity contribution is 7.27. The Morgan fingerprint density at radius 2 is 0.833 bits per heavy atom. The van der Waals surface area contributed by atoms with E-state index in [1.165, 1.54) is 42.9 Å². The first-order valence-corrected chi connectivity index (χ1v) is 20.9. The highest BCUT2D eigenvalue weighted by atomic mass is 32.1. The van der Waals surface area contributed by atoms with Gasteiger partial charge in [-0.2, -0.15) is 0 Å². The van der Waals surface area contributed by atoms with E-state index in [2.05, 4.69) is 176 Å². The summed E-state index contributed by atoms with van der Waals surface area (Å²) in [6.45, 7) is 0. The molecule has 60 heavy (non-hydrogen) atoms. The molecule has 0 unspecified atom stereocenters. The van der Waals surface area contributed by atoms with Crippen molar-refractivity contribution in [3.8, 4) is 67.5 Å². The van der Waals surface area contributed by atoms with Crippen LogP contribution in [0.3, 0.4) is 0 Å². The second kappa shape index (κ2) is 14.0. The van der Waals surface area contributed by atoms with Crippen LogP contribution in [0.4, 0.5) is 0 Å². The van der Waals surface area contributed by atoms with Gasteiger partial charge in [-0.1, -0.05) is 176 Å². The molecule has 4 nitrogen and oxygen atoms in total. The van der Waals surface area contributed by atoms with Crippen molar-refractivity contribution in [2.45, 2.75) is 0 Å². The lowest BCUT2D eigenvalue weighted by Gasteiger charge is -2.10. The number of benzene rings is 9. The number of rotatable bonds is 6. The minimum absolute atomic E-state index is 0.560. The molecule has 0 bridgehead atoms. The maximum atomic E-state index is 6.97. The van der Waals surface area contributed by atoms with Crippen LogP contribution in [0.1, 0.15) is 0 Å². The van der Waals surface area contributed by atoms with Gasteiger partial charge >= 0.3 is 0 Å². The Bertz CT molecular complexity index is 3590. The lowest BCUT2D eigenvalue weighted by Crippen LogP contribution is -2.00.